The van der Waals surface area contributed by atoms with Crippen molar-refractivity contribution in [1.29, 1.82) is 0 Å². The lowest BCUT2D eigenvalue weighted by molar-refractivity contribution is -0.117. The molecule has 8 heteroatoms. The van der Waals surface area contributed by atoms with Gasteiger partial charge in [-0.15, -0.1) is 0 Å². The van der Waals surface area contributed by atoms with Gasteiger partial charge in [-0.3, -0.25) is 8.98 Å². The topological polar surface area (TPSA) is 90.9 Å². The van der Waals surface area contributed by atoms with E-state index in [-0.39, 0.29) is 18.6 Å². The van der Waals surface area contributed by atoms with Crippen molar-refractivity contribution >= 4 is 21.7 Å². The van der Waals surface area contributed by atoms with Gasteiger partial charge in [0, 0.05) is 12.1 Å². The van der Waals surface area contributed by atoms with Gasteiger partial charge in [0.2, 0.25) is 5.91 Å². The van der Waals surface area contributed by atoms with E-state index in [1.54, 1.807) is 24.3 Å². The van der Waals surface area contributed by atoms with Crippen LogP contribution in [0.2, 0.25) is 0 Å². The summed E-state index contributed by atoms with van der Waals surface area (Å²) in [6, 6.07) is 6.97. The average Bonchev–Trinajstić information content (AvgIpc) is 2.54. The predicted molar refractivity (Wildman–Crippen MR) is 96.3 cm³/mol. The maximum absolute atomic E-state index is 11.8. The Morgan fingerprint density at radius 1 is 1.16 bits per heavy atom. The Labute approximate surface area is 149 Å². The minimum atomic E-state index is -3.40. The summed E-state index contributed by atoms with van der Waals surface area (Å²) in [5, 5.41) is 2.79. The molecule has 142 valence electrons. The lowest BCUT2D eigenvalue weighted by Crippen LogP contribution is -2.16. The first-order valence-electron chi connectivity index (χ1n) is 8.29. The number of nitrogens with one attached hydrogen (secondary N) is 1. The van der Waals surface area contributed by atoms with Crippen LogP contribution in [0.3, 0.4) is 0 Å². The minimum Gasteiger partial charge on any atom is -0.494 e. The Kier molecular flexibility index (Phi) is 9.48. The fraction of sp³-hybridized carbons (Fsp3) is 0.588. The molecule has 0 spiro atoms. The molecule has 0 fully saturated rings. The van der Waals surface area contributed by atoms with Gasteiger partial charge < -0.3 is 14.8 Å². The van der Waals surface area contributed by atoms with Gasteiger partial charge in [-0.25, -0.2) is 0 Å². The van der Waals surface area contributed by atoms with E-state index in [2.05, 4.69) is 9.50 Å². The first-order chi connectivity index (χ1) is 11.8. The molecule has 1 N–H and O–H groups in total. The van der Waals surface area contributed by atoms with Crippen molar-refractivity contribution in [3.05, 3.63) is 24.3 Å². The molecule has 0 aliphatic heterocycles. The molecule has 25 heavy (non-hydrogen) atoms. The average molecular weight is 373 g/mol. The number of carbonyl (C=O) groups is 1. The van der Waals surface area contributed by atoms with Gasteiger partial charge in [-0.05, 0) is 37.6 Å². The molecule has 1 amide bonds. The van der Waals surface area contributed by atoms with E-state index < -0.39 is 10.1 Å². The normalized spacial score (nSPS) is 12.6. The summed E-state index contributed by atoms with van der Waals surface area (Å²) >= 11 is 0. The van der Waals surface area contributed by atoms with Gasteiger partial charge in [-0.2, -0.15) is 8.42 Å². The highest BCUT2D eigenvalue weighted by Crippen LogP contribution is 2.16. The van der Waals surface area contributed by atoms with Crippen LogP contribution in [0.1, 0.15) is 33.1 Å². The maximum Gasteiger partial charge on any atom is 0.264 e. The van der Waals surface area contributed by atoms with Crippen LogP contribution in [0.15, 0.2) is 24.3 Å². The fourth-order valence-corrected chi connectivity index (χ4v) is 2.21. The molecule has 1 aromatic carbocycles. The predicted octanol–water partition coefficient (Wildman–Crippen LogP) is 2.58. The molecular weight excluding hydrogens is 346 g/mol. The Bertz CT molecular complexity index is 615. The third kappa shape index (κ3) is 10.8. The molecule has 0 aromatic heterocycles. The Morgan fingerprint density at radius 3 is 2.44 bits per heavy atom. The Hall–Kier alpha value is -1.64. The summed E-state index contributed by atoms with van der Waals surface area (Å²) in [6.45, 7) is 4.84. The van der Waals surface area contributed by atoms with E-state index in [1.807, 2.05) is 13.8 Å². The number of hydrogen-bond donors (Lipinski definition) is 1. The van der Waals surface area contributed by atoms with Gasteiger partial charge in [0.05, 0.1) is 38.6 Å². The number of carbonyl (C=O) groups excluding carboxylic acids is 1. The second kappa shape index (κ2) is 11.1. The van der Waals surface area contributed by atoms with Crippen LogP contribution in [0.5, 0.6) is 5.75 Å². The zero-order valence-corrected chi connectivity index (χ0v) is 15.8. The summed E-state index contributed by atoms with van der Waals surface area (Å²) < 4.78 is 37.2. The molecule has 1 atom stereocenters. The quantitative estimate of drug-likeness (QED) is 0.447. The summed E-state index contributed by atoms with van der Waals surface area (Å²) in [7, 11) is -3.40. The summed E-state index contributed by atoms with van der Waals surface area (Å²) in [6.07, 6.45) is 2.86. The molecule has 1 aromatic rings. The molecule has 0 radical (unpaired) electrons. The van der Waals surface area contributed by atoms with Crippen molar-refractivity contribution in [1.82, 2.24) is 0 Å². The van der Waals surface area contributed by atoms with Crippen LogP contribution >= 0.6 is 0 Å². The van der Waals surface area contributed by atoms with Crippen LogP contribution < -0.4 is 10.1 Å². The molecule has 1 unspecified atom stereocenters. The maximum atomic E-state index is 11.8. The molecular formula is C17H27NO6S. The molecule has 0 saturated heterocycles. The third-order valence-electron chi connectivity index (χ3n) is 3.30. The van der Waals surface area contributed by atoms with E-state index in [0.717, 1.165) is 12.7 Å². The molecule has 0 heterocycles. The highest BCUT2D eigenvalue weighted by molar-refractivity contribution is 7.85. The summed E-state index contributed by atoms with van der Waals surface area (Å²) in [4.78, 5) is 11.8. The van der Waals surface area contributed by atoms with E-state index in [0.29, 0.717) is 37.5 Å². The van der Waals surface area contributed by atoms with E-state index in [4.69, 9.17) is 9.47 Å². The monoisotopic (exact) mass is 373 g/mol. The van der Waals surface area contributed by atoms with Gasteiger partial charge in [0.1, 0.15) is 5.75 Å². The summed E-state index contributed by atoms with van der Waals surface area (Å²) in [5.41, 5.74) is 0.682. The number of rotatable bonds is 12. The first kappa shape index (κ1) is 21.4. The number of benzene rings is 1. The first-order valence-corrected chi connectivity index (χ1v) is 10.1. The summed E-state index contributed by atoms with van der Waals surface area (Å²) in [5.74, 6) is 0.535. The molecule has 0 aliphatic carbocycles. The van der Waals surface area contributed by atoms with Crippen LogP contribution in [0.25, 0.3) is 0 Å². The second-order valence-corrected chi connectivity index (χ2v) is 7.28. The minimum absolute atomic E-state index is 0.0890. The van der Waals surface area contributed by atoms with Gasteiger partial charge in [0.25, 0.3) is 10.1 Å². The fourth-order valence-electron chi connectivity index (χ4n) is 1.79. The lowest BCUT2D eigenvalue weighted by Gasteiger charge is -2.11. The number of anilines is 1. The zero-order chi connectivity index (χ0) is 18.7. The van der Waals surface area contributed by atoms with Crippen molar-refractivity contribution in [3.8, 4) is 5.75 Å². The van der Waals surface area contributed by atoms with Gasteiger partial charge in [-0.1, -0.05) is 6.92 Å². The smallest absolute Gasteiger partial charge is 0.264 e. The van der Waals surface area contributed by atoms with Gasteiger partial charge >= 0.3 is 0 Å². The lowest BCUT2D eigenvalue weighted by atomic mass is 10.3. The second-order valence-electron chi connectivity index (χ2n) is 5.64. The largest absolute Gasteiger partial charge is 0.494 e. The van der Waals surface area contributed by atoms with E-state index in [1.165, 1.54) is 0 Å². The van der Waals surface area contributed by atoms with Crippen molar-refractivity contribution in [3.63, 3.8) is 0 Å². The van der Waals surface area contributed by atoms with Crippen LogP contribution in [-0.4, -0.2) is 46.5 Å². The van der Waals surface area contributed by atoms with Crippen LogP contribution in [0, 0.1) is 0 Å². The van der Waals surface area contributed by atoms with Crippen LogP contribution in [-0.2, 0) is 23.8 Å². The van der Waals surface area contributed by atoms with E-state index >= 15 is 0 Å². The SMILES string of the molecule is CCC(C)OCCC(=O)Nc1ccc(OCCCOS(C)(=O)=O)cc1. The highest BCUT2D eigenvalue weighted by atomic mass is 32.2. The van der Waals surface area contributed by atoms with Crippen LogP contribution in [0.4, 0.5) is 5.69 Å². The Balaban J connectivity index is 2.25. The highest BCUT2D eigenvalue weighted by Gasteiger charge is 2.05. The van der Waals surface area contributed by atoms with E-state index in [9.17, 15) is 13.2 Å². The van der Waals surface area contributed by atoms with Crippen molar-refractivity contribution in [2.24, 2.45) is 0 Å². The molecule has 0 aliphatic rings. The third-order valence-corrected chi connectivity index (χ3v) is 3.89. The molecule has 0 bridgehead atoms. The van der Waals surface area contributed by atoms with Crippen molar-refractivity contribution in [2.75, 3.05) is 31.4 Å². The number of amides is 1. The molecule has 1 rings (SSSR count). The standard InChI is InChI=1S/C17H27NO6S/c1-4-14(2)22-13-10-17(19)18-15-6-8-16(9-7-15)23-11-5-12-24-25(3,20)21/h6-9,14H,4-5,10-13H2,1-3H3,(H,18,19). The van der Waals surface area contributed by atoms with Crippen molar-refractivity contribution < 1.29 is 26.9 Å². The molecule has 7 nitrogen and oxygen atoms in total. The number of ether oxygens (including phenoxy) is 2. The Morgan fingerprint density at radius 2 is 1.84 bits per heavy atom. The zero-order valence-electron chi connectivity index (χ0n) is 15.0. The van der Waals surface area contributed by atoms with Crippen molar-refractivity contribution in [2.45, 2.75) is 39.2 Å². The van der Waals surface area contributed by atoms with Gasteiger partial charge in [0.15, 0.2) is 0 Å². The molecule has 0 saturated carbocycles. The number of hydrogen-bond acceptors (Lipinski definition) is 6.